The number of carboxylic acids is 1. The van der Waals surface area contributed by atoms with Crippen molar-refractivity contribution >= 4 is 23.8 Å². The standard InChI is InChI=1S/C29H34O5/c1-17-19-14-21(23(30)11-10-18-8-5-4-6-9-18)26-28(2,12-7-13-29(26,3)27(32)33)22(19)16-24-20(17)15-25(31)34-24/h4-6,8-11,15,17,19,21-22,24,26H,7,12-14,16H2,1-3H3,(H,32,33)/b11-10+/t17-,19+,21-,22-,24+,26-,28-,29+/m0/s1. The lowest BCUT2D eigenvalue weighted by Crippen LogP contribution is -2.62. The second-order valence-electron chi connectivity index (χ2n) is 11.4. The maximum absolute atomic E-state index is 13.8. The van der Waals surface area contributed by atoms with E-state index in [2.05, 4.69) is 13.8 Å². The predicted octanol–water partition coefficient (Wildman–Crippen LogP) is 5.31. The number of ether oxygens (including phenoxy) is 1. The van der Waals surface area contributed by atoms with Gasteiger partial charge in [-0.25, -0.2) is 4.79 Å². The van der Waals surface area contributed by atoms with Crippen LogP contribution in [-0.4, -0.2) is 28.9 Å². The highest BCUT2D eigenvalue weighted by Crippen LogP contribution is 2.67. The Hall–Kier alpha value is -2.69. The van der Waals surface area contributed by atoms with Gasteiger partial charge in [-0.05, 0) is 78.9 Å². The van der Waals surface area contributed by atoms with Crippen LogP contribution in [0.3, 0.4) is 0 Å². The summed E-state index contributed by atoms with van der Waals surface area (Å²) in [6.45, 7) is 6.22. The first-order valence-corrected chi connectivity index (χ1v) is 12.6. The average molecular weight is 463 g/mol. The lowest BCUT2D eigenvalue weighted by molar-refractivity contribution is -0.188. The summed E-state index contributed by atoms with van der Waals surface area (Å²) in [5, 5.41) is 10.4. The van der Waals surface area contributed by atoms with Crippen molar-refractivity contribution in [1.82, 2.24) is 0 Å². The minimum absolute atomic E-state index is 0.0231. The van der Waals surface area contributed by atoms with Gasteiger partial charge in [0.25, 0.3) is 0 Å². The van der Waals surface area contributed by atoms with E-state index in [1.807, 2.05) is 43.3 Å². The van der Waals surface area contributed by atoms with Gasteiger partial charge in [0.05, 0.1) is 5.41 Å². The number of hydrogen-bond acceptors (Lipinski definition) is 4. The highest BCUT2D eigenvalue weighted by Gasteiger charge is 2.65. The fourth-order valence-corrected chi connectivity index (χ4v) is 8.22. The number of rotatable bonds is 4. The molecule has 5 nitrogen and oxygen atoms in total. The summed E-state index contributed by atoms with van der Waals surface area (Å²) in [4.78, 5) is 38.5. The van der Waals surface area contributed by atoms with E-state index in [1.165, 1.54) is 0 Å². The van der Waals surface area contributed by atoms with Gasteiger partial charge in [-0.2, -0.15) is 0 Å². The van der Waals surface area contributed by atoms with Crippen LogP contribution >= 0.6 is 0 Å². The number of allylic oxidation sites excluding steroid dienone is 1. The molecule has 3 aliphatic carbocycles. The van der Waals surface area contributed by atoms with Gasteiger partial charge in [0.15, 0.2) is 5.78 Å². The molecule has 34 heavy (non-hydrogen) atoms. The van der Waals surface area contributed by atoms with Crippen LogP contribution in [0, 0.1) is 40.4 Å². The van der Waals surface area contributed by atoms with E-state index < -0.39 is 11.4 Å². The van der Waals surface area contributed by atoms with Crippen LogP contribution in [0.2, 0.25) is 0 Å². The summed E-state index contributed by atoms with van der Waals surface area (Å²) in [6.07, 6.45) is 8.67. The number of carbonyl (C=O) groups excluding carboxylic acids is 2. The Labute approximate surface area is 201 Å². The van der Waals surface area contributed by atoms with Crippen LogP contribution in [-0.2, 0) is 19.1 Å². The zero-order valence-electron chi connectivity index (χ0n) is 20.2. The number of ketones is 1. The van der Waals surface area contributed by atoms with Crippen molar-refractivity contribution in [1.29, 1.82) is 0 Å². The highest BCUT2D eigenvalue weighted by molar-refractivity contribution is 5.96. The lowest BCUT2D eigenvalue weighted by atomic mass is 9.40. The molecule has 1 aromatic rings. The molecule has 1 N–H and O–H groups in total. The van der Waals surface area contributed by atoms with Crippen LogP contribution in [0.25, 0.3) is 6.08 Å². The zero-order chi connectivity index (χ0) is 24.3. The van der Waals surface area contributed by atoms with E-state index in [9.17, 15) is 19.5 Å². The Balaban J connectivity index is 1.56. The van der Waals surface area contributed by atoms with Gasteiger partial charge in [-0.1, -0.05) is 56.7 Å². The predicted molar refractivity (Wildman–Crippen MR) is 129 cm³/mol. The van der Waals surface area contributed by atoms with Crippen LogP contribution in [0.1, 0.15) is 58.4 Å². The molecule has 180 valence electrons. The molecule has 0 saturated heterocycles. The van der Waals surface area contributed by atoms with Gasteiger partial charge >= 0.3 is 11.9 Å². The van der Waals surface area contributed by atoms with Crippen molar-refractivity contribution < 1.29 is 24.2 Å². The summed E-state index contributed by atoms with van der Waals surface area (Å²) in [6, 6.07) is 9.73. The Bertz CT molecular complexity index is 1070. The second kappa shape index (κ2) is 8.21. The molecular weight excluding hydrogens is 428 g/mol. The molecule has 0 aromatic heterocycles. The molecule has 0 unspecified atom stereocenters. The minimum atomic E-state index is -0.954. The highest BCUT2D eigenvalue weighted by atomic mass is 16.5. The van der Waals surface area contributed by atoms with Gasteiger partial charge in [0.1, 0.15) is 6.10 Å². The molecule has 0 bridgehead atoms. The summed E-state index contributed by atoms with van der Waals surface area (Å²) >= 11 is 0. The number of carbonyl (C=O) groups is 3. The molecule has 8 atom stereocenters. The van der Waals surface area contributed by atoms with Gasteiger partial charge in [-0.15, -0.1) is 0 Å². The molecule has 5 rings (SSSR count). The average Bonchev–Trinajstić information content (AvgIpc) is 3.19. The number of fused-ring (bicyclic) bond motifs is 4. The zero-order valence-corrected chi connectivity index (χ0v) is 20.2. The second-order valence-corrected chi connectivity index (χ2v) is 11.4. The van der Waals surface area contributed by atoms with Crippen LogP contribution in [0.15, 0.2) is 48.1 Å². The van der Waals surface area contributed by atoms with E-state index in [1.54, 1.807) is 12.2 Å². The van der Waals surface area contributed by atoms with Crippen molar-refractivity contribution in [2.45, 2.75) is 59.0 Å². The van der Waals surface area contributed by atoms with E-state index >= 15 is 0 Å². The SMILES string of the molecule is C[C@@H]1C2=CC(=O)O[C@@H]2C[C@H]2[C@@H]1C[C@@H](C(=O)/C=C/c1ccccc1)[C@H]1[C@@]2(C)CCC[C@@]1(C)C(=O)O. The number of aliphatic carboxylic acids is 1. The Morgan fingerprint density at radius 3 is 2.56 bits per heavy atom. The first-order chi connectivity index (χ1) is 16.1. The monoisotopic (exact) mass is 462 g/mol. The summed E-state index contributed by atoms with van der Waals surface area (Å²) in [7, 11) is 0. The number of benzene rings is 1. The van der Waals surface area contributed by atoms with Crippen LogP contribution in [0.4, 0.5) is 0 Å². The fourth-order valence-electron chi connectivity index (χ4n) is 8.22. The van der Waals surface area contributed by atoms with E-state index in [-0.39, 0.29) is 52.9 Å². The molecule has 4 aliphatic rings. The lowest BCUT2D eigenvalue weighted by Gasteiger charge is -2.63. The number of carboxylic acid groups (broad SMARTS) is 1. The van der Waals surface area contributed by atoms with E-state index in [4.69, 9.17) is 4.74 Å². The van der Waals surface area contributed by atoms with Crippen molar-refractivity contribution in [3.8, 4) is 0 Å². The number of hydrogen-bond donors (Lipinski definition) is 1. The van der Waals surface area contributed by atoms with Crippen LogP contribution in [0.5, 0.6) is 0 Å². The summed E-state index contributed by atoms with van der Waals surface area (Å²) in [5.74, 6) is -1.07. The first-order valence-electron chi connectivity index (χ1n) is 12.6. The van der Waals surface area contributed by atoms with Crippen molar-refractivity contribution in [2.75, 3.05) is 0 Å². The Morgan fingerprint density at radius 2 is 1.85 bits per heavy atom. The maximum atomic E-state index is 13.8. The fraction of sp³-hybridized carbons (Fsp3) is 0.552. The normalized spacial score (nSPS) is 41.1. The summed E-state index contributed by atoms with van der Waals surface area (Å²) < 4.78 is 5.64. The third-order valence-electron chi connectivity index (χ3n) is 9.75. The molecule has 0 amide bonds. The summed E-state index contributed by atoms with van der Waals surface area (Å²) in [5.41, 5.74) is 0.753. The molecular formula is C29H34O5. The quantitative estimate of drug-likeness (QED) is 0.484. The van der Waals surface area contributed by atoms with Gasteiger partial charge in [0, 0.05) is 12.0 Å². The third kappa shape index (κ3) is 3.47. The van der Waals surface area contributed by atoms with Crippen molar-refractivity contribution in [3.63, 3.8) is 0 Å². The molecule has 1 aromatic carbocycles. The van der Waals surface area contributed by atoms with Gasteiger partial charge < -0.3 is 9.84 Å². The Kier molecular flexibility index (Phi) is 5.57. The largest absolute Gasteiger partial charge is 0.481 e. The minimum Gasteiger partial charge on any atom is -0.481 e. The third-order valence-corrected chi connectivity index (χ3v) is 9.75. The maximum Gasteiger partial charge on any atom is 0.331 e. The van der Waals surface area contributed by atoms with Gasteiger partial charge in [0.2, 0.25) is 0 Å². The molecule has 0 radical (unpaired) electrons. The molecule has 3 saturated carbocycles. The molecule has 5 heteroatoms. The Morgan fingerprint density at radius 1 is 1.12 bits per heavy atom. The van der Waals surface area contributed by atoms with Gasteiger partial charge in [-0.3, -0.25) is 9.59 Å². The molecule has 1 aliphatic heterocycles. The van der Waals surface area contributed by atoms with E-state index in [0.29, 0.717) is 12.8 Å². The van der Waals surface area contributed by atoms with Crippen LogP contribution < -0.4 is 0 Å². The topological polar surface area (TPSA) is 80.7 Å². The van der Waals surface area contributed by atoms with Crippen molar-refractivity contribution in [3.05, 3.63) is 53.6 Å². The van der Waals surface area contributed by atoms with E-state index in [0.717, 1.165) is 30.4 Å². The van der Waals surface area contributed by atoms with Crippen molar-refractivity contribution in [2.24, 2.45) is 40.4 Å². The number of esters is 1. The molecule has 3 fully saturated rings. The first kappa shape index (κ1) is 23.1. The molecule has 1 heterocycles. The molecule has 0 spiro atoms. The smallest absolute Gasteiger partial charge is 0.331 e.